The fraction of sp³-hybridized carbons (Fsp3) is 0.533. The third kappa shape index (κ3) is 3.14. The topological polar surface area (TPSA) is 52.6 Å². The molecule has 0 amide bonds. The largest absolute Gasteiger partial charge is 0.395 e. The van der Waals surface area contributed by atoms with Crippen molar-refractivity contribution in [1.29, 1.82) is 0 Å². The first kappa shape index (κ1) is 14.0. The SMILES string of the molecule is CC(C(=O)c1ccc2c(c1)CCCN2)N(C)CCO. The maximum Gasteiger partial charge on any atom is 0.179 e. The van der Waals surface area contributed by atoms with Gasteiger partial charge in [-0.15, -0.1) is 0 Å². The summed E-state index contributed by atoms with van der Waals surface area (Å²) < 4.78 is 0. The van der Waals surface area contributed by atoms with Crippen LogP contribution in [0.2, 0.25) is 0 Å². The first-order chi connectivity index (χ1) is 9.13. The van der Waals surface area contributed by atoms with E-state index in [2.05, 4.69) is 5.32 Å². The van der Waals surface area contributed by atoms with Crippen molar-refractivity contribution in [2.75, 3.05) is 32.1 Å². The van der Waals surface area contributed by atoms with Gasteiger partial charge in [0.2, 0.25) is 0 Å². The van der Waals surface area contributed by atoms with E-state index in [0.29, 0.717) is 6.54 Å². The van der Waals surface area contributed by atoms with Crippen molar-refractivity contribution in [2.24, 2.45) is 0 Å². The number of rotatable bonds is 5. The molecule has 1 aromatic carbocycles. The Bertz CT molecular complexity index is 459. The van der Waals surface area contributed by atoms with Crippen molar-refractivity contribution in [2.45, 2.75) is 25.8 Å². The first-order valence-corrected chi connectivity index (χ1v) is 6.85. The van der Waals surface area contributed by atoms with Gasteiger partial charge in [-0.3, -0.25) is 9.69 Å². The maximum atomic E-state index is 12.4. The average molecular weight is 262 g/mol. The molecule has 4 nitrogen and oxygen atoms in total. The van der Waals surface area contributed by atoms with E-state index in [1.165, 1.54) is 5.56 Å². The number of nitrogens with zero attached hydrogens (tertiary/aromatic N) is 1. The second-order valence-corrected chi connectivity index (χ2v) is 5.15. The van der Waals surface area contributed by atoms with Crippen molar-refractivity contribution in [1.82, 2.24) is 4.90 Å². The lowest BCUT2D eigenvalue weighted by Crippen LogP contribution is -2.37. The van der Waals surface area contributed by atoms with Gasteiger partial charge in [0.05, 0.1) is 12.6 Å². The standard InChI is InChI=1S/C15H22N2O2/c1-11(17(2)8-9-18)15(19)13-5-6-14-12(10-13)4-3-7-16-14/h5-6,10-11,16,18H,3-4,7-9H2,1-2H3. The van der Waals surface area contributed by atoms with Crippen LogP contribution in [-0.2, 0) is 6.42 Å². The Morgan fingerprint density at radius 3 is 3.05 bits per heavy atom. The van der Waals surface area contributed by atoms with Crippen molar-refractivity contribution >= 4 is 11.5 Å². The van der Waals surface area contributed by atoms with E-state index in [-0.39, 0.29) is 18.4 Å². The number of aliphatic hydroxyl groups excluding tert-OH is 1. The molecule has 0 radical (unpaired) electrons. The summed E-state index contributed by atoms with van der Waals surface area (Å²) in [7, 11) is 1.86. The molecule has 0 bridgehead atoms. The second-order valence-electron chi connectivity index (χ2n) is 5.15. The van der Waals surface area contributed by atoms with E-state index in [0.717, 1.165) is 30.6 Å². The van der Waals surface area contributed by atoms with Crippen LogP contribution in [0, 0.1) is 0 Å². The second kappa shape index (κ2) is 6.17. The molecule has 1 aromatic rings. The lowest BCUT2D eigenvalue weighted by Gasteiger charge is -2.24. The molecule has 1 atom stereocenters. The lowest BCUT2D eigenvalue weighted by molar-refractivity contribution is 0.0848. The molecule has 4 heteroatoms. The summed E-state index contributed by atoms with van der Waals surface area (Å²) in [5.41, 5.74) is 3.15. The third-order valence-electron chi connectivity index (χ3n) is 3.82. The molecular formula is C15H22N2O2. The molecule has 1 heterocycles. The fourth-order valence-corrected chi connectivity index (χ4v) is 2.42. The van der Waals surface area contributed by atoms with Gasteiger partial charge in [-0.25, -0.2) is 0 Å². The summed E-state index contributed by atoms with van der Waals surface area (Å²) in [6.07, 6.45) is 2.15. The number of fused-ring (bicyclic) bond motifs is 1. The van der Waals surface area contributed by atoms with E-state index in [4.69, 9.17) is 5.11 Å². The van der Waals surface area contributed by atoms with Gasteiger partial charge >= 0.3 is 0 Å². The Morgan fingerprint density at radius 1 is 1.53 bits per heavy atom. The van der Waals surface area contributed by atoms with Crippen LogP contribution in [0.3, 0.4) is 0 Å². The number of aliphatic hydroxyl groups is 1. The normalized spacial score (nSPS) is 15.8. The molecule has 19 heavy (non-hydrogen) atoms. The molecule has 1 aliphatic heterocycles. The highest BCUT2D eigenvalue weighted by Crippen LogP contribution is 2.23. The number of carbonyl (C=O) groups excluding carboxylic acids is 1. The number of likely N-dealkylation sites (N-methyl/N-ethyl adjacent to an activating group) is 1. The molecule has 0 fully saturated rings. The molecule has 1 unspecified atom stereocenters. The quantitative estimate of drug-likeness (QED) is 0.790. The Balaban J connectivity index is 2.15. The van der Waals surface area contributed by atoms with Crippen LogP contribution >= 0.6 is 0 Å². The van der Waals surface area contributed by atoms with Crippen LogP contribution in [-0.4, -0.2) is 48.6 Å². The number of Topliss-reactive ketones (excluding diaryl/α,β-unsaturated/α-hetero) is 1. The maximum absolute atomic E-state index is 12.4. The monoisotopic (exact) mass is 262 g/mol. The number of hydrogen-bond acceptors (Lipinski definition) is 4. The van der Waals surface area contributed by atoms with Gasteiger partial charge in [-0.1, -0.05) is 0 Å². The number of ketones is 1. The van der Waals surface area contributed by atoms with E-state index >= 15 is 0 Å². The van der Waals surface area contributed by atoms with Gasteiger partial charge in [-0.2, -0.15) is 0 Å². The third-order valence-corrected chi connectivity index (χ3v) is 3.82. The van der Waals surface area contributed by atoms with Gasteiger partial charge in [0.1, 0.15) is 0 Å². The number of hydrogen-bond donors (Lipinski definition) is 2. The highest BCUT2D eigenvalue weighted by molar-refractivity contribution is 6.00. The van der Waals surface area contributed by atoms with E-state index in [1.54, 1.807) is 0 Å². The Hall–Kier alpha value is -1.39. The Morgan fingerprint density at radius 2 is 2.32 bits per heavy atom. The lowest BCUT2D eigenvalue weighted by atomic mass is 9.97. The minimum Gasteiger partial charge on any atom is -0.395 e. The molecule has 1 aliphatic rings. The molecule has 0 aromatic heterocycles. The van der Waals surface area contributed by atoms with Gasteiger partial charge in [0.25, 0.3) is 0 Å². The molecular weight excluding hydrogens is 240 g/mol. The fourth-order valence-electron chi connectivity index (χ4n) is 2.42. The van der Waals surface area contributed by atoms with Crippen LogP contribution in [0.4, 0.5) is 5.69 Å². The van der Waals surface area contributed by atoms with Crippen LogP contribution in [0.5, 0.6) is 0 Å². The van der Waals surface area contributed by atoms with Gasteiger partial charge in [-0.05, 0) is 50.6 Å². The predicted molar refractivity (Wildman–Crippen MR) is 76.8 cm³/mol. The predicted octanol–water partition coefficient (Wildman–Crippen LogP) is 1.54. The summed E-state index contributed by atoms with van der Waals surface area (Å²) in [4.78, 5) is 14.3. The number of carbonyl (C=O) groups is 1. The van der Waals surface area contributed by atoms with Crippen molar-refractivity contribution in [3.8, 4) is 0 Å². The molecule has 0 saturated carbocycles. The number of anilines is 1. The van der Waals surface area contributed by atoms with Crippen molar-refractivity contribution < 1.29 is 9.90 Å². The molecule has 0 spiro atoms. The van der Waals surface area contributed by atoms with E-state index in [9.17, 15) is 4.79 Å². The zero-order valence-electron chi connectivity index (χ0n) is 11.6. The number of benzene rings is 1. The molecule has 0 saturated heterocycles. The summed E-state index contributed by atoms with van der Waals surface area (Å²) in [6.45, 7) is 3.48. The Kier molecular flexibility index (Phi) is 4.56. The van der Waals surface area contributed by atoms with E-state index in [1.807, 2.05) is 37.1 Å². The number of aryl methyl sites for hydroxylation is 1. The molecule has 2 rings (SSSR count). The molecule has 0 aliphatic carbocycles. The highest BCUT2D eigenvalue weighted by atomic mass is 16.3. The average Bonchev–Trinajstić information content (AvgIpc) is 2.45. The smallest absolute Gasteiger partial charge is 0.179 e. The van der Waals surface area contributed by atoms with Crippen LogP contribution < -0.4 is 5.32 Å². The minimum atomic E-state index is -0.207. The van der Waals surface area contributed by atoms with Crippen LogP contribution in [0.15, 0.2) is 18.2 Å². The summed E-state index contributed by atoms with van der Waals surface area (Å²) >= 11 is 0. The summed E-state index contributed by atoms with van der Waals surface area (Å²) in [5, 5.41) is 12.3. The number of nitrogens with one attached hydrogen (secondary N) is 1. The van der Waals surface area contributed by atoms with Crippen LogP contribution in [0.1, 0.15) is 29.3 Å². The minimum absolute atomic E-state index is 0.0717. The summed E-state index contributed by atoms with van der Waals surface area (Å²) in [6, 6.07) is 5.69. The van der Waals surface area contributed by atoms with Gasteiger partial charge in [0.15, 0.2) is 5.78 Å². The highest BCUT2D eigenvalue weighted by Gasteiger charge is 2.20. The van der Waals surface area contributed by atoms with Crippen LogP contribution in [0.25, 0.3) is 0 Å². The summed E-state index contributed by atoms with van der Waals surface area (Å²) in [5.74, 6) is 0.115. The van der Waals surface area contributed by atoms with Gasteiger partial charge < -0.3 is 10.4 Å². The van der Waals surface area contributed by atoms with E-state index < -0.39 is 0 Å². The first-order valence-electron chi connectivity index (χ1n) is 6.85. The Labute approximate surface area is 114 Å². The zero-order chi connectivity index (χ0) is 13.8. The molecule has 2 N–H and O–H groups in total. The van der Waals surface area contributed by atoms with Gasteiger partial charge in [0, 0.05) is 24.3 Å². The zero-order valence-corrected chi connectivity index (χ0v) is 11.6. The molecule has 104 valence electrons. The van der Waals surface area contributed by atoms with Crippen molar-refractivity contribution in [3.63, 3.8) is 0 Å². The van der Waals surface area contributed by atoms with Crippen molar-refractivity contribution in [3.05, 3.63) is 29.3 Å².